The van der Waals surface area contributed by atoms with Crippen LogP contribution < -0.4 is 21.9 Å². The van der Waals surface area contributed by atoms with Crippen LogP contribution in [0.3, 0.4) is 0 Å². The van der Waals surface area contributed by atoms with Crippen LogP contribution in [-0.2, 0) is 6.42 Å². The molecule has 6 nitrogen and oxygen atoms in total. The van der Waals surface area contributed by atoms with Gasteiger partial charge >= 0.3 is 0 Å². The largest absolute Gasteiger partial charge is 0.492 e. The summed E-state index contributed by atoms with van der Waals surface area (Å²) in [6.07, 6.45) is 0.708. The highest BCUT2D eigenvalue weighted by molar-refractivity contribution is 5.79. The van der Waals surface area contributed by atoms with Gasteiger partial charge in [-0.25, -0.2) is 4.98 Å². The molecule has 0 atom stereocenters. The molecular formula is C14H19N5O. The number of ether oxygens (including phenoxy) is 1. The third-order valence-electron chi connectivity index (χ3n) is 2.96. The lowest BCUT2D eigenvalue weighted by molar-refractivity contribution is 0.342. The molecule has 0 aliphatic heterocycles. The zero-order chi connectivity index (χ0) is 14.7. The maximum atomic E-state index is 5.98. The molecule has 2 rings (SSSR count). The second kappa shape index (κ2) is 5.64. The van der Waals surface area contributed by atoms with E-state index in [1.165, 1.54) is 0 Å². The summed E-state index contributed by atoms with van der Waals surface area (Å²) in [5, 5.41) is 0. The van der Waals surface area contributed by atoms with Gasteiger partial charge in [0.15, 0.2) is 0 Å². The predicted octanol–water partition coefficient (Wildman–Crippen LogP) is 1.85. The molecule has 0 radical (unpaired) electrons. The van der Waals surface area contributed by atoms with E-state index in [2.05, 4.69) is 9.97 Å². The highest BCUT2D eigenvalue weighted by atomic mass is 16.5. The van der Waals surface area contributed by atoms with Gasteiger partial charge in [-0.15, -0.1) is 0 Å². The summed E-state index contributed by atoms with van der Waals surface area (Å²) in [6.45, 7) is 4.47. The minimum atomic E-state index is 0.182. The zero-order valence-corrected chi connectivity index (χ0v) is 11.7. The number of aryl methyl sites for hydroxylation is 1. The number of anilines is 3. The van der Waals surface area contributed by atoms with Crippen molar-refractivity contribution >= 4 is 17.5 Å². The molecule has 106 valence electrons. The Bertz CT molecular complexity index is 627. The van der Waals surface area contributed by atoms with Crippen molar-refractivity contribution in [3.05, 3.63) is 23.9 Å². The average molecular weight is 273 g/mol. The van der Waals surface area contributed by atoms with Crippen molar-refractivity contribution in [2.75, 3.05) is 23.8 Å². The number of nitrogens with zero attached hydrogens (tertiary/aromatic N) is 2. The van der Waals surface area contributed by atoms with E-state index < -0.39 is 0 Å². The van der Waals surface area contributed by atoms with Gasteiger partial charge in [0.25, 0.3) is 0 Å². The Morgan fingerprint density at radius 3 is 2.45 bits per heavy atom. The van der Waals surface area contributed by atoms with Crippen LogP contribution in [0.4, 0.5) is 17.5 Å². The Balaban J connectivity index is 2.54. The molecular weight excluding hydrogens is 254 g/mol. The quantitative estimate of drug-likeness (QED) is 0.733. The van der Waals surface area contributed by atoms with E-state index in [0.717, 1.165) is 16.8 Å². The fraction of sp³-hybridized carbons (Fsp3) is 0.286. The van der Waals surface area contributed by atoms with Gasteiger partial charge in [0, 0.05) is 5.56 Å². The van der Waals surface area contributed by atoms with Gasteiger partial charge in [0.1, 0.15) is 11.6 Å². The summed E-state index contributed by atoms with van der Waals surface area (Å²) in [4.78, 5) is 8.25. The van der Waals surface area contributed by atoms with Gasteiger partial charge in [-0.2, -0.15) is 4.98 Å². The molecule has 0 amide bonds. The van der Waals surface area contributed by atoms with Crippen molar-refractivity contribution in [2.24, 2.45) is 0 Å². The number of aromatic nitrogens is 2. The lowest BCUT2D eigenvalue weighted by Crippen LogP contribution is -2.06. The van der Waals surface area contributed by atoms with Crippen LogP contribution in [0.1, 0.15) is 19.5 Å². The molecule has 0 unspecified atom stereocenters. The van der Waals surface area contributed by atoms with E-state index in [1.807, 2.05) is 32.0 Å². The molecule has 0 spiro atoms. The van der Waals surface area contributed by atoms with Crippen molar-refractivity contribution in [2.45, 2.75) is 20.3 Å². The topological polar surface area (TPSA) is 113 Å². The first kappa shape index (κ1) is 13.9. The molecule has 6 heteroatoms. The van der Waals surface area contributed by atoms with Crippen molar-refractivity contribution in [3.63, 3.8) is 0 Å². The SMILES string of the molecule is CCOc1ccc(-c2c(N)nc(N)nc2CC)cc1N. The Labute approximate surface area is 118 Å². The first-order valence-electron chi connectivity index (χ1n) is 6.51. The fourth-order valence-corrected chi connectivity index (χ4v) is 2.11. The normalized spacial score (nSPS) is 10.5. The maximum Gasteiger partial charge on any atom is 0.222 e. The molecule has 1 aromatic heterocycles. The highest BCUT2D eigenvalue weighted by Crippen LogP contribution is 2.33. The predicted molar refractivity (Wildman–Crippen MR) is 81.3 cm³/mol. The Kier molecular flexibility index (Phi) is 3.93. The van der Waals surface area contributed by atoms with E-state index in [-0.39, 0.29) is 5.95 Å². The molecule has 1 heterocycles. The summed E-state index contributed by atoms with van der Waals surface area (Å²) in [6, 6.07) is 5.53. The van der Waals surface area contributed by atoms with E-state index >= 15 is 0 Å². The third-order valence-corrected chi connectivity index (χ3v) is 2.96. The monoisotopic (exact) mass is 273 g/mol. The molecule has 6 N–H and O–H groups in total. The molecule has 0 saturated carbocycles. The number of hydrogen-bond donors (Lipinski definition) is 3. The summed E-state index contributed by atoms with van der Waals surface area (Å²) in [5.41, 5.74) is 20.6. The Morgan fingerprint density at radius 1 is 1.10 bits per heavy atom. The zero-order valence-electron chi connectivity index (χ0n) is 11.7. The minimum absolute atomic E-state index is 0.182. The Morgan fingerprint density at radius 2 is 1.85 bits per heavy atom. The number of nitrogen functional groups attached to an aromatic ring is 3. The number of hydrogen-bond acceptors (Lipinski definition) is 6. The third kappa shape index (κ3) is 2.59. The number of nitrogens with two attached hydrogens (primary N) is 3. The first-order chi connectivity index (χ1) is 9.56. The van der Waals surface area contributed by atoms with Gasteiger partial charge in [-0.05, 0) is 31.0 Å². The summed E-state index contributed by atoms with van der Waals surface area (Å²) >= 11 is 0. The molecule has 20 heavy (non-hydrogen) atoms. The molecule has 0 saturated heterocycles. The lowest BCUT2D eigenvalue weighted by Gasteiger charge is -2.13. The van der Waals surface area contributed by atoms with Crippen LogP contribution >= 0.6 is 0 Å². The van der Waals surface area contributed by atoms with Crippen LogP contribution in [-0.4, -0.2) is 16.6 Å². The summed E-state index contributed by atoms with van der Waals surface area (Å²) < 4.78 is 5.43. The van der Waals surface area contributed by atoms with Crippen LogP contribution in [0.25, 0.3) is 11.1 Å². The standard InChI is InChI=1S/C14H19N5O/c1-3-10-12(13(16)19-14(17)18-10)8-5-6-11(20-4-2)9(15)7-8/h5-7H,3-4,15H2,1-2H3,(H4,16,17,18,19). The average Bonchev–Trinajstić information content (AvgIpc) is 2.40. The van der Waals surface area contributed by atoms with Gasteiger partial charge < -0.3 is 21.9 Å². The molecule has 0 aliphatic carbocycles. The highest BCUT2D eigenvalue weighted by Gasteiger charge is 2.13. The Hall–Kier alpha value is -2.50. The summed E-state index contributed by atoms with van der Waals surface area (Å²) in [7, 11) is 0. The van der Waals surface area contributed by atoms with Crippen LogP contribution in [0.15, 0.2) is 18.2 Å². The fourth-order valence-electron chi connectivity index (χ4n) is 2.11. The van der Waals surface area contributed by atoms with Gasteiger partial charge in [-0.1, -0.05) is 13.0 Å². The van der Waals surface area contributed by atoms with E-state index in [1.54, 1.807) is 0 Å². The van der Waals surface area contributed by atoms with E-state index in [4.69, 9.17) is 21.9 Å². The van der Waals surface area contributed by atoms with Crippen LogP contribution in [0, 0.1) is 0 Å². The van der Waals surface area contributed by atoms with Crippen molar-refractivity contribution in [1.29, 1.82) is 0 Å². The first-order valence-corrected chi connectivity index (χ1v) is 6.51. The molecule has 1 aromatic carbocycles. The van der Waals surface area contributed by atoms with Gasteiger partial charge in [0.05, 0.1) is 18.0 Å². The minimum Gasteiger partial charge on any atom is -0.492 e. The van der Waals surface area contributed by atoms with Crippen molar-refractivity contribution in [3.8, 4) is 16.9 Å². The maximum absolute atomic E-state index is 5.98. The second-order valence-corrected chi connectivity index (χ2v) is 4.33. The molecule has 0 fully saturated rings. The molecule has 2 aromatic rings. The van der Waals surface area contributed by atoms with Crippen LogP contribution in [0.2, 0.25) is 0 Å². The van der Waals surface area contributed by atoms with Gasteiger partial charge in [0.2, 0.25) is 5.95 Å². The van der Waals surface area contributed by atoms with Crippen LogP contribution in [0.5, 0.6) is 5.75 Å². The van der Waals surface area contributed by atoms with Crippen molar-refractivity contribution < 1.29 is 4.74 Å². The van der Waals surface area contributed by atoms with Crippen molar-refractivity contribution in [1.82, 2.24) is 9.97 Å². The second-order valence-electron chi connectivity index (χ2n) is 4.33. The molecule has 0 bridgehead atoms. The number of rotatable bonds is 4. The summed E-state index contributed by atoms with van der Waals surface area (Å²) in [5.74, 6) is 1.20. The smallest absolute Gasteiger partial charge is 0.222 e. The molecule has 0 aliphatic rings. The van der Waals surface area contributed by atoms with E-state index in [9.17, 15) is 0 Å². The van der Waals surface area contributed by atoms with Gasteiger partial charge in [-0.3, -0.25) is 0 Å². The lowest BCUT2D eigenvalue weighted by atomic mass is 10.0. The number of benzene rings is 1. The van der Waals surface area contributed by atoms with E-state index in [0.29, 0.717) is 30.3 Å².